The van der Waals surface area contributed by atoms with Crippen molar-refractivity contribution in [2.24, 2.45) is 5.92 Å². The molecule has 0 bridgehead atoms. The van der Waals surface area contributed by atoms with Crippen LogP contribution < -0.4 is 10.2 Å². The summed E-state index contributed by atoms with van der Waals surface area (Å²) in [5.41, 5.74) is 1.00. The average molecular weight is 319 g/mol. The topological polar surface area (TPSA) is 52.7 Å². The van der Waals surface area contributed by atoms with Crippen LogP contribution in [0.4, 0.5) is 5.69 Å². The number of nitrogens with one attached hydrogen (secondary N) is 1. The van der Waals surface area contributed by atoms with Crippen LogP contribution in [0.25, 0.3) is 0 Å². The molecule has 0 saturated carbocycles. The summed E-state index contributed by atoms with van der Waals surface area (Å²) in [5, 5.41) is 2.89. The molecule has 0 spiro atoms. The van der Waals surface area contributed by atoms with Gasteiger partial charge in [-0.3, -0.25) is 9.59 Å². The normalized spacial score (nSPS) is 11.9. The molecule has 128 valence electrons. The highest BCUT2D eigenvalue weighted by Crippen LogP contribution is 2.12. The van der Waals surface area contributed by atoms with Crippen molar-refractivity contribution in [3.05, 3.63) is 30.3 Å². The summed E-state index contributed by atoms with van der Waals surface area (Å²) in [6, 6.07) is 9.35. The van der Waals surface area contributed by atoms with Crippen LogP contribution in [-0.4, -0.2) is 49.9 Å². The van der Waals surface area contributed by atoms with Crippen LogP contribution >= 0.6 is 0 Å². The summed E-state index contributed by atoms with van der Waals surface area (Å²) in [5.74, 6) is 0.145. The molecule has 1 rings (SSSR count). The molecule has 0 fully saturated rings. The molecule has 0 saturated heterocycles. The molecular weight excluding hydrogens is 290 g/mol. The van der Waals surface area contributed by atoms with Crippen molar-refractivity contribution < 1.29 is 9.59 Å². The average Bonchev–Trinajstić information content (AvgIpc) is 2.51. The Hall–Kier alpha value is -2.04. The van der Waals surface area contributed by atoms with Crippen LogP contribution in [0.5, 0.6) is 0 Å². The number of rotatable bonds is 8. The summed E-state index contributed by atoms with van der Waals surface area (Å²) in [6.07, 6.45) is 0.639. The zero-order valence-electron chi connectivity index (χ0n) is 14.9. The first-order valence-corrected chi connectivity index (χ1v) is 8.15. The number of carbonyl (C=O) groups is 2. The molecule has 23 heavy (non-hydrogen) atoms. The van der Waals surface area contributed by atoms with Gasteiger partial charge in [0.2, 0.25) is 11.8 Å². The van der Waals surface area contributed by atoms with E-state index in [1.807, 2.05) is 56.0 Å². The first-order valence-electron chi connectivity index (χ1n) is 8.15. The monoisotopic (exact) mass is 319 g/mol. The second-order valence-electron chi connectivity index (χ2n) is 6.33. The van der Waals surface area contributed by atoms with Crippen LogP contribution in [0.3, 0.4) is 0 Å². The molecule has 1 aromatic rings. The van der Waals surface area contributed by atoms with Gasteiger partial charge < -0.3 is 15.1 Å². The molecular formula is C18H29N3O2. The van der Waals surface area contributed by atoms with E-state index in [2.05, 4.69) is 5.32 Å². The Morgan fingerprint density at radius 1 is 1.13 bits per heavy atom. The number of para-hydroxylation sites is 1. The quantitative estimate of drug-likeness (QED) is 0.798. The van der Waals surface area contributed by atoms with Crippen molar-refractivity contribution in [1.82, 2.24) is 10.2 Å². The molecule has 0 aliphatic carbocycles. The van der Waals surface area contributed by atoms with Gasteiger partial charge in [-0.15, -0.1) is 0 Å². The lowest BCUT2D eigenvalue weighted by molar-refractivity contribution is -0.134. The largest absolute Gasteiger partial charge is 0.363 e. The van der Waals surface area contributed by atoms with Crippen LogP contribution in [0.15, 0.2) is 30.3 Å². The molecule has 0 aliphatic rings. The number of hydrogen-bond acceptors (Lipinski definition) is 3. The van der Waals surface area contributed by atoms with Gasteiger partial charge in [0.15, 0.2) is 0 Å². The summed E-state index contributed by atoms with van der Waals surface area (Å²) in [6.45, 7) is 7.08. The van der Waals surface area contributed by atoms with Gasteiger partial charge in [-0.1, -0.05) is 32.0 Å². The third kappa shape index (κ3) is 6.30. The Bertz CT molecular complexity index is 500. The van der Waals surface area contributed by atoms with Gasteiger partial charge in [0.1, 0.15) is 6.04 Å². The molecule has 0 aromatic heterocycles. The second kappa shape index (κ2) is 9.18. The second-order valence-corrected chi connectivity index (χ2v) is 6.33. The lowest BCUT2D eigenvalue weighted by atomic mass is 10.0. The van der Waals surface area contributed by atoms with Crippen molar-refractivity contribution in [3.63, 3.8) is 0 Å². The maximum atomic E-state index is 12.4. The highest BCUT2D eigenvalue weighted by Gasteiger charge is 2.24. The maximum Gasteiger partial charge on any atom is 0.244 e. The molecule has 1 atom stereocenters. The molecule has 5 nitrogen and oxygen atoms in total. The number of likely N-dealkylation sites (N-methyl/N-ethyl adjacent to an activating group) is 2. The Balaban J connectivity index is 2.72. The smallest absolute Gasteiger partial charge is 0.244 e. The van der Waals surface area contributed by atoms with Gasteiger partial charge in [0.25, 0.3) is 0 Å². The zero-order chi connectivity index (χ0) is 17.4. The molecule has 1 aromatic carbocycles. The number of anilines is 1. The molecule has 2 amide bonds. The van der Waals surface area contributed by atoms with Crippen molar-refractivity contribution in [1.29, 1.82) is 0 Å². The van der Waals surface area contributed by atoms with E-state index in [1.54, 1.807) is 14.1 Å². The van der Waals surface area contributed by atoms with E-state index in [1.165, 1.54) is 4.90 Å². The number of nitrogens with zero attached hydrogens (tertiary/aromatic N) is 2. The summed E-state index contributed by atoms with van der Waals surface area (Å²) in [7, 11) is 3.42. The summed E-state index contributed by atoms with van der Waals surface area (Å²) in [4.78, 5) is 28.1. The third-order valence-corrected chi connectivity index (χ3v) is 3.62. The van der Waals surface area contributed by atoms with Gasteiger partial charge in [-0.05, 0) is 31.4 Å². The number of hydrogen-bond donors (Lipinski definition) is 1. The minimum atomic E-state index is -0.466. The fourth-order valence-corrected chi connectivity index (χ4v) is 2.44. The minimum absolute atomic E-state index is 0.0604. The third-order valence-electron chi connectivity index (χ3n) is 3.62. The molecule has 1 unspecified atom stereocenters. The molecule has 0 heterocycles. The predicted octanol–water partition coefficient (Wildman–Crippen LogP) is 2.13. The summed E-state index contributed by atoms with van der Waals surface area (Å²) < 4.78 is 0. The number of amides is 2. The van der Waals surface area contributed by atoms with E-state index < -0.39 is 6.04 Å². The van der Waals surface area contributed by atoms with Gasteiger partial charge in [-0.2, -0.15) is 0 Å². The number of carbonyl (C=O) groups excluding carboxylic acids is 2. The van der Waals surface area contributed by atoms with E-state index in [9.17, 15) is 9.59 Å². The SMILES string of the molecule is CCN(CC(=O)NC(CC(C)C)C(=O)N(C)C)c1ccccc1. The Morgan fingerprint density at radius 3 is 2.22 bits per heavy atom. The standard InChI is InChI=1S/C18H29N3O2/c1-6-21(15-10-8-7-9-11-15)13-17(22)19-16(12-14(2)3)18(23)20(4)5/h7-11,14,16H,6,12-13H2,1-5H3,(H,19,22). The van der Waals surface area contributed by atoms with Crippen LogP contribution in [0.1, 0.15) is 27.2 Å². The van der Waals surface area contributed by atoms with Crippen LogP contribution in [-0.2, 0) is 9.59 Å². The first-order chi connectivity index (χ1) is 10.8. The van der Waals surface area contributed by atoms with Crippen LogP contribution in [0, 0.1) is 5.92 Å². The summed E-state index contributed by atoms with van der Waals surface area (Å²) >= 11 is 0. The van der Waals surface area contributed by atoms with E-state index in [4.69, 9.17) is 0 Å². The van der Waals surface area contributed by atoms with E-state index in [-0.39, 0.29) is 18.4 Å². The van der Waals surface area contributed by atoms with Crippen molar-refractivity contribution in [2.75, 3.05) is 32.1 Å². The predicted molar refractivity (Wildman–Crippen MR) is 94.4 cm³/mol. The Kier molecular flexibility index (Phi) is 7.59. The molecule has 0 radical (unpaired) electrons. The van der Waals surface area contributed by atoms with Crippen LogP contribution in [0.2, 0.25) is 0 Å². The number of benzene rings is 1. The molecule has 0 aliphatic heterocycles. The first kappa shape index (κ1) is 19.0. The fourth-order valence-electron chi connectivity index (χ4n) is 2.44. The van der Waals surface area contributed by atoms with Crippen molar-refractivity contribution in [2.45, 2.75) is 33.2 Å². The van der Waals surface area contributed by atoms with E-state index >= 15 is 0 Å². The van der Waals surface area contributed by atoms with Crippen molar-refractivity contribution >= 4 is 17.5 Å². The highest BCUT2D eigenvalue weighted by atomic mass is 16.2. The molecule has 1 N–H and O–H groups in total. The Labute approximate surface area is 139 Å². The zero-order valence-corrected chi connectivity index (χ0v) is 14.9. The molecule has 5 heteroatoms. The van der Waals surface area contributed by atoms with Gasteiger partial charge in [0, 0.05) is 26.3 Å². The Morgan fingerprint density at radius 2 is 1.74 bits per heavy atom. The van der Waals surface area contributed by atoms with E-state index in [0.29, 0.717) is 12.3 Å². The lowest BCUT2D eigenvalue weighted by Crippen LogP contribution is -2.49. The van der Waals surface area contributed by atoms with Crippen molar-refractivity contribution in [3.8, 4) is 0 Å². The van der Waals surface area contributed by atoms with Gasteiger partial charge in [-0.25, -0.2) is 0 Å². The fraction of sp³-hybridized carbons (Fsp3) is 0.556. The highest BCUT2D eigenvalue weighted by molar-refractivity contribution is 5.89. The maximum absolute atomic E-state index is 12.4. The van der Waals surface area contributed by atoms with E-state index in [0.717, 1.165) is 12.2 Å². The van der Waals surface area contributed by atoms with Gasteiger partial charge >= 0.3 is 0 Å². The minimum Gasteiger partial charge on any atom is -0.363 e. The van der Waals surface area contributed by atoms with Gasteiger partial charge in [0.05, 0.1) is 6.54 Å². The lowest BCUT2D eigenvalue weighted by Gasteiger charge is -2.26.